The second-order valence-corrected chi connectivity index (χ2v) is 6.83. The summed E-state index contributed by atoms with van der Waals surface area (Å²) in [6.45, 7) is 5.88. The monoisotopic (exact) mass is 375 g/mol. The number of rotatable bonds is 7. The molecule has 1 saturated heterocycles. The minimum Gasteiger partial charge on any atom is -0.545 e. The van der Waals surface area contributed by atoms with Gasteiger partial charge in [-0.15, -0.1) is 0 Å². The van der Waals surface area contributed by atoms with Gasteiger partial charge in [-0.2, -0.15) is 0 Å². The Morgan fingerprint density at radius 1 is 1.04 bits per heavy atom. The van der Waals surface area contributed by atoms with Crippen molar-refractivity contribution < 1.29 is 19.8 Å². The molecule has 0 radical (unpaired) electrons. The average molecular weight is 375 g/mol. The van der Waals surface area contributed by atoms with Crippen LogP contribution < -0.4 is 10.2 Å². The van der Waals surface area contributed by atoms with E-state index in [4.69, 9.17) is 0 Å². The molecule has 0 N–H and O–H groups in total. The number of piperazine rings is 1. The van der Waals surface area contributed by atoms with Gasteiger partial charge in [0.05, 0.1) is 11.9 Å². The molecule has 0 bridgehead atoms. The van der Waals surface area contributed by atoms with Crippen molar-refractivity contribution in [3.8, 4) is 0 Å². The Hall–Kier alpha value is -2.22. The second kappa shape index (κ2) is 12.2. The van der Waals surface area contributed by atoms with E-state index < -0.39 is 11.9 Å². The van der Waals surface area contributed by atoms with Crippen molar-refractivity contribution in [2.45, 2.75) is 12.5 Å². The van der Waals surface area contributed by atoms with Gasteiger partial charge in [-0.05, 0) is 51.8 Å². The van der Waals surface area contributed by atoms with Crippen LogP contribution in [0.5, 0.6) is 0 Å². The minimum atomic E-state index is -1.55. The number of hydrogen-bond donors (Lipinski definition) is 0. The van der Waals surface area contributed by atoms with Gasteiger partial charge >= 0.3 is 0 Å². The maximum atomic E-state index is 9.41. The lowest BCUT2D eigenvalue weighted by Crippen LogP contribution is -2.46. The molecule has 7 heteroatoms. The van der Waals surface area contributed by atoms with Gasteiger partial charge in [-0.25, -0.2) is 0 Å². The standard InChI is InChI=1S/C16H27N3.C4H4O4/c1-17(2)10-9-16(15-7-5-4-6-8-15)19-13-11-18(3)12-14-19;5-3(6)1-2-4(7)8/h4-8,16H,9-14H2,1-3H3;1-2H,(H,5,6)(H,7,8)/p-2. The summed E-state index contributed by atoms with van der Waals surface area (Å²) in [5.74, 6) is -3.09. The number of carboxylic acids is 2. The van der Waals surface area contributed by atoms with Crippen molar-refractivity contribution in [3.63, 3.8) is 0 Å². The summed E-state index contributed by atoms with van der Waals surface area (Å²) < 4.78 is 0. The molecule has 1 aliphatic rings. The fraction of sp³-hybridized carbons (Fsp3) is 0.500. The van der Waals surface area contributed by atoms with Gasteiger partial charge in [0.15, 0.2) is 0 Å². The van der Waals surface area contributed by atoms with E-state index >= 15 is 0 Å². The minimum absolute atomic E-state index is 0.384. The molecule has 27 heavy (non-hydrogen) atoms. The summed E-state index contributed by atoms with van der Waals surface area (Å²) in [6, 6.07) is 11.5. The third-order valence-corrected chi connectivity index (χ3v) is 4.37. The van der Waals surface area contributed by atoms with E-state index in [0.717, 1.165) is 6.54 Å². The topological polar surface area (TPSA) is 90.0 Å². The van der Waals surface area contributed by atoms with Crippen LogP contribution in [-0.4, -0.2) is 80.5 Å². The van der Waals surface area contributed by atoms with Crippen LogP contribution in [0.25, 0.3) is 0 Å². The summed E-state index contributed by atoms with van der Waals surface area (Å²) in [6.07, 6.45) is 1.98. The number of benzene rings is 1. The lowest BCUT2D eigenvalue weighted by atomic mass is 10.0. The highest BCUT2D eigenvalue weighted by molar-refractivity contribution is 5.87. The predicted octanol–water partition coefficient (Wildman–Crippen LogP) is -1.03. The molecule has 1 atom stereocenters. The van der Waals surface area contributed by atoms with Crippen LogP contribution in [0.3, 0.4) is 0 Å². The largest absolute Gasteiger partial charge is 0.545 e. The molecule has 0 aliphatic carbocycles. The number of carbonyl (C=O) groups excluding carboxylic acids is 2. The first-order valence-corrected chi connectivity index (χ1v) is 9.02. The zero-order chi connectivity index (χ0) is 20.2. The number of carboxylic acid groups (broad SMARTS) is 2. The molecule has 0 spiro atoms. The highest BCUT2D eigenvalue weighted by Crippen LogP contribution is 2.25. The molecule has 1 aromatic carbocycles. The summed E-state index contributed by atoms with van der Waals surface area (Å²) in [7, 11) is 6.53. The first kappa shape index (κ1) is 22.8. The molecule has 1 fully saturated rings. The van der Waals surface area contributed by atoms with E-state index in [2.05, 4.69) is 66.2 Å². The van der Waals surface area contributed by atoms with Crippen LogP contribution >= 0.6 is 0 Å². The summed E-state index contributed by atoms with van der Waals surface area (Å²) in [5.41, 5.74) is 1.47. The van der Waals surface area contributed by atoms with Crippen molar-refractivity contribution in [1.82, 2.24) is 14.7 Å². The SMILES string of the molecule is CN(C)CCC(c1ccccc1)N1CCN(C)CC1.O=C([O-])C=CC(=O)[O-]. The van der Waals surface area contributed by atoms with Crippen LogP contribution in [0, 0.1) is 0 Å². The first-order valence-electron chi connectivity index (χ1n) is 9.02. The molecule has 1 unspecified atom stereocenters. The normalized spacial score (nSPS) is 16.7. The Bertz CT molecular complexity index is 581. The van der Waals surface area contributed by atoms with Crippen molar-refractivity contribution >= 4 is 11.9 Å². The van der Waals surface area contributed by atoms with Gasteiger partial charge in [0.1, 0.15) is 0 Å². The Morgan fingerprint density at radius 3 is 2.00 bits per heavy atom. The molecule has 1 heterocycles. The van der Waals surface area contributed by atoms with E-state index in [9.17, 15) is 19.8 Å². The van der Waals surface area contributed by atoms with E-state index in [-0.39, 0.29) is 0 Å². The second-order valence-electron chi connectivity index (χ2n) is 6.83. The van der Waals surface area contributed by atoms with Crippen molar-refractivity contribution in [2.24, 2.45) is 0 Å². The molecular formula is C20H29N3O4-2. The van der Waals surface area contributed by atoms with E-state index in [1.165, 1.54) is 38.2 Å². The van der Waals surface area contributed by atoms with E-state index in [1.807, 2.05) is 0 Å². The van der Waals surface area contributed by atoms with Crippen LogP contribution in [-0.2, 0) is 9.59 Å². The van der Waals surface area contributed by atoms with E-state index in [0.29, 0.717) is 18.2 Å². The van der Waals surface area contributed by atoms with Gasteiger partial charge in [-0.3, -0.25) is 4.90 Å². The van der Waals surface area contributed by atoms with Crippen LogP contribution in [0.2, 0.25) is 0 Å². The predicted molar refractivity (Wildman–Crippen MR) is 101 cm³/mol. The van der Waals surface area contributed by atoms with Crippen LogP contribution in [0.4, 0.5) is 0 Å². The number of nitrogens with zero attached hydrogens (tertiary/aromatic N) is 3. The van der Waals surface area contributed by atoms with Gasteiger partial charge < -0.3 is 29.6 Å². The molecule has 2 rings (SSSR count). The number of likely N-dealkylation sites (N-methyl/N-ethyl adjacent to an activating group) is 1. The number of carbonyl (C=O) groups is 2. The third kappa shape index (κ3) is 9.89. The molecule has 1 aliphatic heterocycles. The average Bonchev–Trinajstić information content (AvgIpc) is 2.63. The third-order valence-electron chi connectivity index (χ3n) is 4.37. The Labute approximate surface area is 161 Å². The quantitative estimate of drug-likeness (QED) is 0.563. The van der Waals surface area contributed by atoms with Crippen LogP contribution in [0.1, 0.15) is 18.0 Å². The van der Waals surface area contributed by atoms with Crippen molar-refractivity contribution in [1.29, 1.82) is 0 Å². The van der Waals surface area contributed by atoms with Gasteiger partial charge in [0.2, 0.25) is 0 Å². The summed E-state index contributed by atoms with van der Waals surface area (Å²) in [5, 5.41) is 18.8. The smallest absolute Gasteiger partial charge is 0.0643 e. The highest BCUT2D eigenvalue weighted by atomic mass is 16.4. The molecule has 0 aromatic heterocycles. The summed E-state index contributed by atoms with van der Waals surface area (Å²) in [4.78, 5) is 26.2. The van der Waals surface area contributed by atoms with Gasteiger partial charge in [0.25, 0.3) is 0 Å². The zero-order valence-corrected chi connectivity index (χ0v) is 16.3. The summed E-state index contributed by atoms with van der Waals surface area (Å²) >= 11 is 0. The van der Waals surface area contributed by atoms with Gasteiger partial charge in [0, 0.05) is 32.2 Å². The Kier molecular flexibility index (Phi) is 10.3. The first-order chi connectivity index (χ1) is 12.8. The Balaban J connectivity index is 0.000000387. The molecule has 0 saturated carbocycles. The number of hydrogen-bond acceptors (Lipinski definition) is 7. The van der Waals surface area contributed by atoms with Crippen molar-refractivity contribution in [3.05, 3.63) is 48.0 Å². The molecular weight excluding hydrogens is 346 g/mol. The van der Waals surface area contributed by atoms with Crippen LogP contribution in [0.15, 0.2) is 42.5 Å². The van der Waals surface area contributed by atoms with Gasteiger partial charge in [-0.1, -0.05) is 30.3 Å². The fourth-order valence-corrected chi connectivity index (χ4v) is 2.89. The highest BCUT2D eigenvalue weighted by Gasteiger charge is 2.23. The fourth-order valence-electron chi connectivity index (χ4n) is 2.89. The van der Waals surface area contributed by atoms with E-state index in [1.54, 1.807) is 0 Å². The maximum Gasteiger partial charge on any atom is 0.0643 e. The molecule has 150 valence electrons. The van der Waals surface area contributed by atoms with Crippen molar-refractivity contribution in [2.75, 3.05) is 53.9 Å². The lowest BCUT2D eigenvalue weighted by Gasteiger charge is -2.38. The Morgan fingerprint density at radius 2 is 1.56 bits per heavy atom. The molecule has 1 aromatic rings. The zero-order valence-electron chi connectivity index (χ0n) is 16.3. The number of aliphatic carboxylic acids is 2. The molecule has 0 amide bonds. The maximum absolute atomic E-state index is 9.41. The molecule has 7 nitrogen and oxygen atoms in total. The lowest BCUT2D eigenvalue weighted by molar-refractivity contribution is -0.301.